The van der Waals surface area contributed by atoms with Crippen LogP contribution in [0.15, 0.2) is 24.3 Å². The molecule has 2 N–H and O–H groups in total. The molecule has 0 fully saturated rings. The van der Waals surface area contributed by atoms with Crippen molar-refractivity contribution in [1.29, 1.82) is 0 Å². The number of methoxy groups -OCH3 is 1. The molecule has 0 heterocycles. The summed E-state index contributed by atoms with van der Waals surface area (Å²) < 4.78 is 10.7. The number of nitrogens with two attached hydrogens (primary N) is 1. The Labute approximate surface area is 101 Å². The number of thioether (sulfide) groups is 1. The van der Waals surface area contributed by atoms with Gasteiger partial charge in [0.2, 0.25) is 0 Å². The van der Waals surface area contributed by atoms with Crippen molar-refractivity contribution in [3.63, 3.8) is 0 Å². The van der Waals surface area contributed by atoms with Gasteiger partial charge < -0.3 is 15.2 Å². The highest BCUT2D eigenvalue weighted by Crippen LogP contribution is 2.17. The van der Waals surface area contributed by atoms with E-state index in [2.05, 4.69) is 0 Å². The molecule has 0 atom stereocenters. The van der Waals surface area contributed by atoms with E-state index in [1.807, 2.05) is 36.0 Å². The van der Waals surface area contributed by atoms with Crippen LogP contribution >= 0.6 is 11.8 Å². The quantitative estimate of drug-likeness (QED) is 0.708. The van der Waals surface area contributed by atoms with E-state index in [9.17, 15) is 0 Å². The summed E-state index contributed by atoms with van der Waals surface area (Å²) in [5, 5.41) is 0. The first-order valence-corrected chi connectivity index (χ1v) is 6.57. The molecule has 1 aromatic rings. The Hall–Kier alpha value is -0.870. The Morgan fingerprint density at radius 3 is 2.44 bits per heavy atom. The van der Waals surface area contributed by atoms with Crippen LogP contribution < -0.4 is 15.2 Å². The van der Waals surface area contributed by atoms with Gasteiger partial charge in [-0.2, -0.15) is 11.8 Å². The Balaban J connectivity index is 2.12. The second-order valence-corrected chi connectivity index (χ2v) is 4.50. The van der Waals surface area contributed by atoms with E-state index in [0.29, 0.717) is 0 Å². The minimum Gasteiger partial charge on any atom is -0.497 e. The highest BCUT2D eigenvalue weighted by molar-refractivity contribution is 7.99. The smallest absolute Gasteiger partial charge is 0.119 e. The topological polar surface area (TPSA) is 44.5 Å². The van der Waals surface area contributed by atoms with E-state index in [1.54, 1.807) is 7.11 Å². The number of ether oxygens (including phenoxy) is 2. The lowest BCUT2D eigenvalue weighted by Crippen LogP contribution is -2.03. The van der Waals surface area contributed by atoms with Gasteiger partial charge in [0.25, 0.3) is 0 Å². The van der Waals surface area contributed by atoms with Crippen molar-refractivity contribution < 1.29 is 9.47 Å². The van der Waals surface area contributed by atoms with Crippen molar-refractivity contribution in [3.8, 4) is 11.5 Å². The summed E-state index contributed by atoms with van der Waals surface area (Å²) in [4.78, 5) is 0. The summed E-state index contributed by atoms with van der Waals surface area (Å²) in [6.45, 7) is 1.51. The Bertz CT molecular complexity index is 277. The minimum absolute atomic E-state index is 0.754. The van der Waals surface area contributed by atoms with E-state index in [0.717, 1.165) is 42.6 Å². The molecule has 0 bridgehead atoms. The maximum Gasteiger partial charge on any atom is 0.119 e. The third-order valence-corrected chi connectivity index (χ3v) is 3.13. The lowest BCUT2D eigenvalue weighted by molar-refractivity contribution is 0.318. The SMILES string of the molecule is COc1ccc(OCCCSCCN)cc1. The van der Waals surface area contributed by atoms with Gasteiger partial charge in [0.1, 0.15) is 11.5 Å². The highest BCUT2D eigenvalue weighted by Gasteiger charge is 1.95. The van der Waals surface area contributed by atoms with E-state index >= 15 is 0 Å². The third kappa shape index (κ3) is 5.28. The molecular weight excluding hydrogens is 222 g/mol. The molecule has 0 aliphatic carbocycles. The fourth-order valence-corrected chi connectivity index (χ4v) is 1.90. The summed E-state index contributed by atoms with van der Waals surface area (Å²) in [6.07, 6.45) is 1.05. The van der Waals surface area contributed by atoms with Gasteiger partial charge in [0, 0.05) is 12.3 Å². The molecule has 1 rings (SSSR count). The molecule has 0 aromatic heterocycles. The molecule has 0 saturated heterocycles. The minimum atomic E-state index is 0.754. The third-order valence-electron chi connectivity index (χ3n) is 2.02. The molecule has 4 heteroatoms. The van der Waals surface area contributed by atoms with Gasteiger partial charge in [-0.3, -0.25) is 0 Å². The normalized spacial score (nSPS) is 10.1. The predicted molar refractivity (Wildman–Crippen MR) is 69.5 cm³/mol. The van der Waals surface area contributed by atoms with Gasteiger partial charge in [0.15, 0.2) is 0 Å². The standard InChI is InChI=1S/C12H19NO2S/c1-14-11-3-5-12(6-4-11)15-8-2-9-16-10-7-13/h3-6H,2,7-10,13H2,1H3. The zero-order chi connectivity index (χ0) is 11.6. The van der Waals surface area contributed by atoms with Crippen LogP contribution in [-0.4, -0.2) is 31.8 Å². The van der Waals surface area contributed by atoms with Crippen LogP contribution in [-0.2, 0) is 0 Å². The van der Waals surface area contributed by atoms with Gasteiger partial charge in [-0.25, -0.2) is 0 Å². The fraction of sp³-hybridized carbons (Fsp3) is 0.500. The fourth-order valence-electron chi connectivity index (χ4n) is 1.21. The highest BCUT2D eigenvalue weighted by atomic mass is 32.2. The van der Waals surface area contributed by atoms with Gasteiger partial charge in [-0.05, 0) is 36.4 Å². The van der Waals surface area contributed by atoms with Crippen LogP contribution in [0.2, 0.25) is 0 Å². The number of hydrogen-bond acceptors (Lipinski definition) is 4. The molecule has 0 radical (unpaired) electrons. The van der Waals surface area contributed by atoms with Crippen LogP contribution in [0.5, 0.6) is 11.5 Å². The van der Waals surface area contributed by atoms with E-state index in [-0.39, 0.29) is 0 Å². The summed E-state index contributed by atoms with van der Waals surface area (Å²) in [7, 11) is 1.66. The average molecular weight is 241 g/mol. The van der Waals surface area contributed by atoms with Crippen LogP contribution in [0.4, 0.5) is 0 Å². The first kappa shape index (κ1) is 13.2. The van der Waals surface area contributed by atoms with Crippen LogP contribution in [0.3, 0.4) is 0 Å². The molecule has 1 aromatic carbocycles. The Morgan fingerprint density at radius 2 is 1.81 bits per heavy atom. The average Bonchev–Trinajstić information content (AvgIpc) is 2.34. The zero-order valence-corrected chi connectivity index (χ0v) is 10.5. The molecule has 0 aliphatic rings. The van der Waals surface area contributed by atoms with Crippen molar-refractivity contribution in [2.24, 2.45) is 5.73 Å². The van der Waals surface area contributed by atoms with Gasteiger partial charge in [-0.15, -0.1) is 0 Å². The lowest BCUT2D eigenvalue weighted by atomic mass is 10.3. The summed E-state index contributed by atoms with van der Waals surface area (Å²) in [5.41, 5.74) is 5.40. The van der Waals surface area contributed by atoms with Gasteiger partial charge in [0.05, 0.1) is 13.7 Å². The van der Waals surface area contributed by atoms with Crippen LogP contribution in [0.1, 0.15) is 6.42 Å². The second-order valence-electron chi connectivity index (χ2n) is 3.28. The maximum atomic E-state index is 5.59. The van der Waals surface area contributed by atoms with E-state index < -0.39 is 0 Å². The Kier molecular flexibility index (Phi) is 6.85. The molecule has 16 heavy (non-hydrogen) atoms. The maximum absolute atomic E-state index is 5.59. The molecular formula is C12H19NO2S. The first-order chi connectivity index (χ1) is 7.86. The van der Waals surface area contributed by atoms with Crippen LogP contribution in [0, 0.1) is 0 Å². The molecule has 90 valence electrons. The van der Waals surface area contributed by atoms with Crippen molar-refractivity contribution in [1.82, 2.24) is 0 Å². The number of benzene rings is 1. The zero-order valence-electron chi connectivity index (χ0n) is 9.65. The number of rotatable bonds is 8. The second kappa shape index (κ2) is 8.30. The molecule has 0 spiro atoms. The monoisotopic (exact) mass is 241 g/mol. The largest absolute Gasteiger partial charge is 0.497 e. The van der Waals surface area contributed by atoms with Crippen molar-refractivity contribution in [3.05, 3.63) is 24.3 Å². The molecule has 3 nitrogen and oxygen atoms in total. The van der Waals surface area contributed by atoms with Gasteiger partial charge >= 0.3 is 0 Å². The lowest BCUT2D eigenvalue weighted by Gasteiger charge is -2.06. The summed E-state index contributed by atoms with van der Waals surface area (Å²) >= 11 is 1.87. The van der Waals surface area contributed by atoms with E-state index in [4.69, 9.17) is 15.2 Å². The van der Waals surface area contributed by atoms with Crippen molar-refractivity contribution in [2.75, 3.05) is 31.8 Å². The molecule has 0 unspecified atom stereocenters. The number of hydrogen-bond donors (Lipinski definition) is 1. The first-order valence-electron chi connectivity index (χ1n) is 5.41. The van der Waals surface area contributed by atoms with E-state index in [1.165, 1.54) is 0 Å². The Morgan fingerprint density at radius 1 is 1.12 bits per heavy atom. The summed E-state index contributed by atoms with van der Waals surface area (Å²) in [6, 6.07) is 7.65. The van der Waals surface area contributed by atoms with Crippen molar-refractivity contribution >= 4 is 11.8 Å². The van der Waals surface area contributed by atoms with Gasteiger partial charge in [-0.1, -0.05) is 0 Å². The summed E-state index contributed by atoms with van der Waals surface area (Å²) in [5.74, 6) is 3.88. The molecule has 0 saturated carbocycles. The van der Waals surface area contributed by atoms with Crippen LogP contribution in [0.25, 0.3) is 0 Å². The van der Waals surface area contributed by atoms with Crippen molar-refractivity contribution in [2.45, 2.75) is 6.42 Å². The molecule has 0 aliphatic heterocycles. The molecule has 0 amide bonds. The predicted octanol–water partition coefficient (Wildman–Crippen LogP) is 2.16.